The van der Waals surface area contributed by atoms with Crippen molar-refractivity contribution in [2.75, 3.05) is 0 Å². The number of allylic oxidation sites excluding steroid dienone is 2. The number of rotatable bonds is 3. The number of nitrogens with two attached hydrogens (primary N) is 1. The van der Waals surface area contributed by atoms with Gasteiger partial charge in [-0.05, 0) is 37.1 Å². The molecule has 0 fully saturated rings. The molecule has 1 rings (SSSR count). The summed E-state index contributed by atoms with van der Waals surface area (Å²) in [5, 5.41) is 17.2. The summed E-state index contributed by atoms with van der Waals surface area (Å²) in [7, 11) is 0. The third kappa shape index (κ3) is 3.07. The number of halogens is 1. The Kier molecular flexibility index (Phi) is 4.29. The number of aliphatic hydroxyl groups is 1. The summed E-state index contributed by atoms with van der Waals surface area (Å²) in [6, 6.07) is 3.40. The number of nitrogens with one attached hydrogen (secondary N) is 1. The molecule has 0 aromatic carbocycles. The van der Waals surface area contributed by atoms with Crippen LogP contribution in [0.25, 0.3) is 5.76 Å². The van der Waals surface area contributed by atoms with Crippen LogP contribution < -0.4 is 5.73 Å². The van der Waals surface area contributed by atoms with Crippen LogP contribution in [0.2, 0.25) is 0 Å². The summed E-state index contributed by atoms with van der Waals surface area (Å²) in [5.41, 5.74) is 7.64. The molecular formula is C12H14ClN3O. The fourth-order valence-electron chi connectivity index (χ4n) is 1.20. The maximum absolute atomic E-state index is 9.96. The number of pyridine rings is 1. The summed E-state index contributed by atoms with van der Waals surface area (Å²) in [4.78, 5) is 3.89. The van der Waals surface area contributed by atoms with Gasteiger partial charge in [0.2, 0.25) is 0 Å². The summed E-state index contributed by atoms with van der Waals surface area (Å²) in [6.07, 6.45) is 3.12. The molecule has 90 valence electrons. The Bertz CT molecular complexity index is 492. The minimum atomic E-state index is -0.0931. The molecule has 0 unspecified atom stereocenters. The van der Waals surface area contributed by atoms with E-state index in [0.717, 1.165) is 0 Å². The standard InChI is InChI=1S/C12H14ClN3O/c1-7(8(2)12(13)15)10(14)11(17)9-4-3-5-16-6-9/h3-6,15,17H,14H2,1-2H3/b8-7-,11-10+,15-12?. The lowest BCUT2D eigenvalue weighted by Gasteiger charge is -2.09. The van der Waals surface area contributed by atoms with E-state index in [2.05, 4.69) is 4.98 Å². The number of hydrogen-bond donors (Lipinski definition) is 3. The van der Waals surface area contributed by atoms with E-state index in [-0.39, 0.29) is 16.6 Å². The Labute approximate surface area is 105 Å². The molecule has 0 aliphatic heterocycles. The third-order valence-electron chi connectivity index (χ3n) is 2.49. The second-order valence-electron chi connectivity index (χ2n) is 3.57. The van der Waals surface area contributed by atoms with Gasteiger partial charge in [-0.3, -0.25) is 10.4 Å². The Morgan fingerprint density at radius 3 is 2.53 bits per heavy atom. The van der Waals surface area contributed by atoms with Crippen molar-refractivity contribution in [3.63, 3.8) is 0 Å². The maximum Gasteiger partial charge on any atom is 0.147 e. The molecular weight excluding hydrogens is 238 g/mol. The van der Waals surface area contributed by atoms with E-state index < -0.39 is 0 Å². The van der Waals surface area contributed by atoms with Crippen LogP contribution in [0.15, 0.2) is 41.4 Å². The van der Waals surface area contributed by atoms with E-state index in [9.17, 15) is 5.11 Å². The lowest BCUT2D eigenvalue weighted by atomic mass is 10.1. The summed E-state index contributed by atoms with van der Waals surface area (Å²) in [5.74, 6) is -0.0622. The van der Waals surface area contributed by atoms with Gasteiger partial charge in [-0.1, -0.05) is 11.6 Å². The monoisotopic (exact) mass is 251 g/mol. The van der Waals surface area contributed by atoms with Gasteiger partial charge >= 0.3 is 0 Å². The van der Waals surface area contributed by atoms with Gasteiger partial charge in [0.15, 0.2) is 0 Å². The Balaban J connectivity index is 3.24. The fourth-order valence-corrected chi connectivity index (χ4v) is 1.34. The van der Waals surface area contributed by atoms with E-state index in [4.69, 9.17) is 22.7 Å². The van der Waals surface area contributed by atoms with E-state index >= 15 is 0 Å². The van der Waals surface area contributed by atoms with Crippen LogP contribution in [-0.2, 0) is 0 Å². The Morgan fingerprint density at radius 1 is 1.41 bits per heavy atom. The quantitative estimate of drug-likeness (QED) is 0.439. The molecule has 1 aromatic rings. The largest absolute Gasteiger partial charge is 0.505 e. The van der Waals surface area contributed by atoms with E-state index in [1.807, 2.05) is 0 Å². The maximum atomic E-state index is 9.96. The predicted molar refractivity (Wildman–Crippen MR) is 69.9 cm³/mol. The zero-order valence-corrected chi connectivity index (χ0v) is 10.4. The molecule has 0 radical (unpaired) electrons. The van der Waals surface area contributed by atoms with Crippen molar-refractivity contribution >= 4 is 22.5 Å². The van der Waals surface area contributed by atoms with Crippen LogP contribution in [0, 0.1) is 5.41 Å². The van der Waals surface area contributed by atoms with E-state index in [0.29, 0.717) is 16.7 Å². The summed E-state index contributed by atoms with van der Waals surface area (Å²) in [6.45, 7) is 3.38. The molecule has 1 aromatic heterocycles. The second kappa shape index (κ2) is 5.50. The first-order chi connectivity index (χ1) is 7.95. The van der Waals surface area contributed by atoms with Crippen LogP contribution in [0.5, 0.6) is 0 Å². The zero-order chi connectivity index (χ0) is 13.0. The van der Waals surface area contributed by atoms with Crippen molar-refractivity contribution in [1.82, 2.24) is 4.98 Å². The van der Waals surface area contributed by atoms with Crippen LogP contribution in [-0.4, -0.2) is 15.3 Å². The molecule has 0 aliphatic carbocycles. The Morgan fingerprint density at radius 2 is 2.06 bits per heavy atom. The number of nitrogens with zero attached hydrogens (tertiary/aromatic N) is 1. The van der Waals surface area contributed by atoms with Crippen LogP contribution in [0.3, 0.4) is 0 Å². The average molecular weight is 252 g/mol. The van der Waals surface area contributed by atoms with Gasteiger partial charge in [-0.2, -0.15) is 0 Å². The van der Waals surface area contributed by atoms with Crippen molar-refractivity contribution in [2.24, 2.45) is 5.73 Å². The van der Waals surface area contributed by atoms with Gasteiger partial charge in [-0.25, -0.2) is 0 Å². The van der Waals surface area contributed by atoms with Crippen molar-refractivity contribution < 1.29 is 5.11 Å². The first-order valence-corrected chi connectivity index (χ1v) is 5.34. The highest BCUT2D eigenvalue weighted by atomic mass is 35.5. The molecule has 1 heterocycles. The van der Waals surface area contributed by atoms with Crippen LogP contribution in [0.4, 0.5) is 0 Å². The first kappa shape index (κ1) is 13.3. The molecule has 0 saturated heterocycles. The summed E-state index contributed by atoms with van der Waals surface area (Å²) >= 11 is 5.57. The van der Waals surface area contributed by atoms with Crippen LogP contribution >= 0.6 is 11.6 Å². The molecule has 5 heteroatoms. The molecule has 17 heavy (non-hydrogen) atoms. The third-order valence-corrected chi connectivity index (χ3v) is 2.77. The SMILES string of the molecule is C/C(C(=N)Cl)=C(C)/C(N)=C(\O)c1cccnc1. The molecule has 0 aliphatic rings. The molecule has 0 amide bonds. The van der Waals surface area contributed by atoms with Gasteiger partial charge in [0, 0.05) is 18.0 Å². The second-order valence-corrected chi connectivity index (χ2v) is 3.95. The molecule has 0 spiro atoms. The number of aliphatic hydroxyl groups excluding tert-OH is 1. The molecule has 0 saturated carbocycles. The molecule has 4 nitrogen and oxygen atoms in total. The highest BCUT2D eigenvalue weighted by Gasteiger charge is 2.10. The van der Waals surface area contributed by atoms with E-state index in [1.165, 1.54) is 6.20 Å². The van der Waals surface area contributed by atoms with Gasteiger partial charge in [0.05, 0.1) is 5.70 Å². The lowest BCUT2D eigenvalue weighted by Crippen LogP contribution is -2.07. The minimum Gasteiger partial charge on any atom is -0.505 e. The predicted octanol–water partition coefficient (Wildman–Crippen LogP) is 2.82. The van der Waals surface area contributed by atoms with Gasteiger partial charge < -0.3 is 10.8 Å². The van der Waals surface area contributed by atoms with E-state index in [1.54, 1.807) is 32.2 Å². The fraction of sp³-hybridized carbons (Fsp3) is 0.167. The first-order valence-electron chi connectivity index (χ1n) is 4.96. The number of hydrogen-bond acceptors (Lipinski definition) is 4. The zero-order valence-electron chi connectivity index (χ0n) is 9.66. The van der Waals surface area contributed by atoms with Gasteiger partial charge in [0.1, 0.15) is 10.9 Å². The summed E-state index contributed by atoms with van der Waals surface area (Å²) < 4.78 is 0. The highest BCUT2D eigenvalue weighted by molar-refractivity contribution is 6.68. The Hall–Kier alpha value is -1.81. The number of aromatic nitrogens is 1. The van der Waals surface area contributed by atoms with Crippen molar-refractivity contribution in [2.45, 2.75) is 13.8 Å². The van der Waals surface area contributed by atoms with Crippen molar-refractivity contribution in [3.8, 4) is 0 Å². The average Bonchev–Trinajstić information content (AvgIpc) is 2.36. The topological polar surface area (TPSA) is 83.0 Å². The highest BCUT2D eigenvalue weighted by Crippen LogP contribution is 2.20. The smallest absolute Gasteiger partial charge is 0.147 e. The minimum absolute atomic E-state index is 0.0622. The molecule has 0 atom stereocenters. The molecule has 0 bridgehead atoms. The normalized spacial score (nSPS) is 13.8. The van der Waals surface area contributed by atoms with Crippen LogP contribution in [0.1, 0.15) is 19.4 Å². The van der Waals surface area contributed by atoms with Gasteiger partial charge in [0.25, 0.3) is 0 Å². The van der Waals surface area contributed by atoms with Crippen molar-refractivity contribution in [1.29, 1.82) is 5.41 Å². The van der Waals surface area contributed by atoms with Crippen molar-refractivity contribution in [3.05, 3.63) is 46.9 Å². The van der Waals surface area contributed by atoms with Gasteiger partial charge in [-0.15, -0.1) is 0 Å². The lowest BCUT2D eigenvalue weighted by molar-refractivity contribution is 0.506. The molecule has 4 N–H and O–H groups in total.